The fourth-order valence-corrected chi connectivity index (χ4v) is 1.48. The van der Waals surface area contributed by atoms with Gasteiger partial charge in [0.2, 0.25) is 5.83 Å². The van der Waals surface area contributed by atoms with Crippen molar-refractivity contribution >= 4 is 5.97 Å². The Labute approximate surface area is 102 Å². The van der Waals surface area contributed by atoms with Gasteiger partial charge in [-0.05, 0) is 13.3 Å². The van der Waals surface area contributed by atoms with E-state index in [0.29, 0.717) is 6.42 Å². The van der Waals surface area contributed by atoms with Crippen LogP contribution in [0.4, 0.5) is 8.78 Å². The largest absolute Gasteiger partial charge is 0.461 e. The van der Waals surface area contributed by atoms with Crippen molar-refractivity contribution in [3.8, 4) is 0 Å². The summed E-state index contributed by atoms with van der Waals surface area (Å²) >= 11 is 0. The molecule has 0 saturated heterocycles. The minimum absolute atomic E-state index is 0.0171. The van der Waals surface area contributed by atoms with E-state index in [4.69, 9.17) is 0 Å². The SMILES string of the molecule is CCCCCCCC/C(F)=C(\F)C(=O)OCC. The second-order valence-electron chi connectivity index (χ2n) is 3.96. The number of esters is 1. The van der Waals surface area contributed by atoms with Crippen LogP contribution < -0.4 is 0 Å². The van der Waals surface area contributed by atoms with E-state index in [2.05, 4.69) is 11.7 Å². The first kappa shape index (κ1) is 16.1. The van der Waals surface area contributed by atoms with Crippen molar-refractivity contribution in [3.63, 3.8) is 0 Å². The number of hydrogen-bond donors (Lipinski definition) is 0. The Morgan fingerprint density at radius 1 is 1.00 bits per heavy atom. The standard InChI is InChI=1S/C13H22F2O2/c1-3-5-6-7-8-9-10-11(14)12(15)13(16)17-4-2/h3-10H2,1-2H3/b12-11+. The van der Waals surface area contributed by atoms with Crippen LogP contribution in [0.25, 0.3) is 0 Å². The molecular formula is C13H22F2O2. The fourth-order valence-electron chi connectivity index (χ4n) is 1.48. The van der Waals surface area contributed by atoms with Gasteiger partial charge in [0.1, 0.15) is 5.83 Å². The topological polar surface area (TPSA) is 26.3 Å². The molecule has 0 fully saturated rings. The molecule has 0 heterocycles. The highest BCUT2D eigenvalue weighted by molar-refractivity contribution is 5.86. The zero-order valence-electron chi connectivity index (χ0n) is 10.7. The number of halogens is 2. The number of carbonyl (C=O) groups is 1. The number of carbonyl (C=O) groups excluding carboxylic acids is 1. The number of rotatable bonds is 9. The summed E-state index contributed by atoms with van der Waals surface area (Å²) < 4.78 is 30.6. The van der Waals surface area contributed by atoms with Gasteiger partial charge < -0.3 is 4.74 Å². The van der Waals surface area contributed by atoms with Gasteiger partial charge in [0.25, 0.3) is 0 Å². The first-order chi connectivity index (χ1) is 8.13. The molecule has 0 aromatic heterocycles. The third-order valence-corrected chi connectivity index (χ3v) is 2.44. The molecular weight excluding hydrogens is 226 g/mol. The molecule has 100 valence electrons. The Hall–Kier alpha value is -0.930. The summed E-state index contributed by atoms with van der Waals surface area (Å²) in [6.45, 7) is 3.73. The molecule has 0 bridgehead atoms. The molecule has 4 heteroatoms. The van der Waals surface area contributed by atoms with Crippen LogP contribution in [-0.2, 0) is 9.53 Å². The lowest BCUT2D eigenvalue weighted by Crippen LogP contribution is -2.05. The van der Waals surface area contributed by atoms with Crippen molar-refractivity contribution in [2.45, 2.75) is 58.8 Å². The Morgan fingerprint density at radius 2 is 1.59 bits per heavy atom. The summed E-state index contributed by atoms with van der Waals surface area (Å²) in [5.41, 5.74) is 0. The van der Waals surface area contributed by atoms with Gasteiger partial charge in [0.15, 0.2) is 0 Å². The molecule has 0 saturated carbocycles. The van der Waals surface area contributed by atoms with Gasteiger partial charge >= 0.3 is 5.97 Å². The molecule has 0 N–H and O–H groups in total. The lowest BCUT2D eigenvalue weighted by atomic mass is 10.1. The van der Waals surface area contributed by atoms with E-state index in [0.717, 1.165) is 25.7 Å². The Bertz CT molecular complexity index is 250. The van der Waals surface area contributed by atoms with Gasteiger partial charge in [-0.3, -0.25) is 0 Å². The smallest absolute Gasteiger partial charge is 0.369 e. The van der Waals surface area contributed by atoms with E-state index in [-0.39, 0.29) is 13.0 Å². The van der Waals surface area contributed by atoms with E-state index in [1.165, 1.54) is 6.42 Å². The quantitative estimate of drug-likeness (QED) is 0.342. The van der Waals surface area contributed by atoms with Gasteiger partial charge in [0, 0.05) is 6.42 Å². The van der Waals surface area contributed by atoms with E-state index < -0.39 is 17.6 Å². The van der Waals surface area contributed by atoms with Crippen LogP contribution in [0.2, 0.25) is 0 Å². The Balaban J connectivity index is 3.79. The number of hydrogen-bond acceptors (Lipinski definition) is 2. The molecule has 0 amide bonds. The number of unbranched alkanes of at least 4 members (excludes halogenated alkanes) is 5. The third-order valence-electron chi connectivity index (χ3n) is 2.44. The highest BCUT2D eigenvalue weighted by Crippen LogP contribution is 2.18. The van der Waals surface area contributed by atoms with E-state index in [9.17, 15) is 13.6 Å². The van der Waals surface area contributed by atoms with Gasteiger partial charge in [-0.1, -0.05) is 39.0 Å². The van der Waals surface area contributed by atoms with Crippen LogP contribution in [0.3, 0.4) is 0 Å². The predicted molar refractivity (Wildman–Crippen MR) is 63.9 cm³/mol. The molecule has 0 spiro atoms. The average molecular weight is 248 g/mol. The van der Waals surface area contributed by atoms with Crippen molar-refractivity contribution in [3.05, 3.63) is 11.7 Å². The van der Waals surface area contributed by atoms with Crippen LogP contribution in [0.15, 0.2) is 11.7 Å². The second kappa shape index (κ2) is 10.2. The highest BCUT2D eigenvalue weighted by atomic mass is 19.2. The summed E-state index contributed by atoms with van der Waals surface area (Å²) in [5, 5.41) is 0. The van der Waals surface area contributed by atoms with Gasteiger partial charge in [-0.15, -0.1) is 0 Å². The molecule has 0 unspecified atom stereocenters. The van der Waals surface area contributed by atoms with Crippen LogP contribution in [0.5, 0.6) is 0 Å². The molecule has 2 nitrogen and oxygen atoms in total. The van der Waals surface area contributed by atoms with Crippen LogP contribution in [-0.4, -0.2) is 12.6 Å². The minimum Gasteiger partial charge on any atom is -0.461 e. The maximum atomic E-state index is 13.1. The molecule has 0 aliphatic heterocycles. The summed E-state index contributed by atoms with van der Waals surface area (Å²) in [5.74, 6) is -3.56. The van der Waals surface area contributed by atoms with Crippen molar-refractivity contribution < 1.29 is 18.3 Å². The Morgan fingerprint density at radius 3 is 2.18 bits per heavy atom. The van der Waals surface area contributed by atoms with Crippen molar-refractivity contribution in [2.24, 2.45) is 0 Å². The van der Waals surface area contributed by atoms with E-state index in [1.54, 1.807) is 6.92 Å². The normalized spacial score (nSPS) is 12.2. The van der Waals surface area contributed by atoms with Gasteiger partial charge in [0.05, 0.1) is 6.61 Å². The number of allylic oxidation sites excluding steroid dienone is 1. The zero-order valence-corrected chi connectivity index (χ0v) is 10.7. The van der Waals surface area contributed by atoms with Gasteiger partial charge in [-0.25, -0.2) is 9.18 Å². The van der Waals surface area contributed by atoms with E-state index >= 15 is 0 Å². The minimum atomic E-state index is -1.37. The van der Waals surface area contributed by atoms with Crippen LogP contribution in [0.1, 0.15) is 58.8 Å². The second-order valence-corrected chi connectivity index (χ2v) is 3.96. The summed E-state index contributed by atoms with van der Waals surface area (Å²) in [6, 6.07) is 0. The molecule has 17 heavy (non-hydrogen) atoms. The third kappa shape index (κ3) is 7.88. The maximum absolute atomic E-state index is 13.1. The summed E-state index contributed by atoms with van der Waals surface area (Å²) in [6.07, 6.45) is 5.91. The highest BCUT2D eigenvalue weighted by Gasteiger charge is 2.16. The molecule has 0 aliphatic rings. The first-order valence-electron chi connectivity index (χ1n) is 6.34. The van der Waals surface area contributed by atoms with Gasteiger partial charge in [-0.2, -0.15) is 4.39 Å². The monoisotopic (exact) mass is 248 g/mol. The van der Waals surface area contributed by atoms with Crippen LogP contribution >= 0.6 is 0 Å². The molecule has 0 rings (SSSR count). The zero-order chi connectivity index (χ0) is 13.1. The first-order valence-corrected chi connectivity index (χ1v) is 6.34. The lowest BCUT2D eigenvalue weighted by Gasteiger charge is -2.02. The number of ether oxygens (including phenoxy) is 1. The Kier molecular flexibility index (Phi) is 9.68. The average Bonchev–Trinajstić information content (AvgIpc) is 2.32. The molecule has 0 aromatic rings. The molecule has 0 aromatic carbocycles. The summed E-state index contributed by atoms with van der Waals surface area (Å²) in [7, 11) is 0. The van der Waals surface area contributed by atoms with Crippen molar-refractivity contribution in [1.29, 1.82) is 0 Å². The fraction of sp³-hybridized carbons (Fsp3) is 0.769. The maximum Gasteiger partial charge on any atom is 0.369 e. The molecule has 0 atom stereocenters. The lowest BCUT2D eigenvalue weighted by molar-refractivity contribution is -0.140. The van der Waals surface area contributed by atoms with Crippen LogP contribution in [0, 0.1) is 0 Å². The van der Waals surface area contributed by atoms with E-state index in [1.807, 2.05) is 0 Å². The predicted octanol–water partition coefficient (Wildman–Crippen LogP) is 4.45. The molecule has 0 aliphatic carbocycles. The molecule has 0 radical (unpaired) electrons. The van der Waals surface area contributed by atoms with Crippen molar-refractivity contribution in [1.82, 2.24) is 0 Å². The summed E-state index contributed by atoms with van der Waals surface area (Å²) in [4.78, 5) is 10.9. The van der Waals surface area contributed by atoms with Crippen molar-refractivity contribution in [2.75, 3.05) is 6.61 Å².